The van der Waals surface area contributed by atoms with Gasteiger partial charge in [-0.1, -0.05) is 26.7 Å². The molecule has 0 bridgehead atoms. The van der Waals surface area contributed by atoms with Crippen LogP contribution >= 0.6 is 0 Å². The van der Waals surface area contributed by atoms with E-state index in [-0.39, 0.29) is 0 Å². The number of hydrogen-bond donors (Lipinski definition) is 1. The van der Waals surface area contributed by atoms with Crippen molar-refractivity contribution in [2.45, 2.75) is 71.3 Å². The molecule has 2 rings (SSSR count). The third kappa shape index (κ3) is 4.20. The van der Waals surface area contributed by atoms with E-state index in [1.54, 1.807) is 0 Å². The maximum Gasteiger partial charge on any atom is 0.223 e. The van der Waals surface area contributed by atoms with Crippen molar-refractivity contribution >= 4 is 5.91 Å². The van der Waals surface area contributed by atoms with E-state index < -0.39 is 0 Å². The molecule has 1 saturated heterocycles. The van der Waals surface area contributed by atoms with Crippen LogP contribution in [-0.4, -0.2) is 36.5 Å². The number of piperidine rings is 1. The zero-order valence-corrected chi connectivity index (χ0v) is 12.7. The Kier molecular flexibility index (Phi) is 5.26. The normalized spacial score (nSPS) is 27.3. The van der Waals surface area contributed by atoms with Crippen molar-refractivity contribution < 1.29 is 4.79 Å². The van der Waals surface area contributed by atoms with Crippen molar-refractivity contribution in [3.8, 4) is 0 Å². The molecule has 1 unspecified atom stereocenters. The molecule has 0 radical (unpaired) electrons. The fourth-order valence-electron chi connectivity index (χ4n) is 3.53. The maximum atomic E-state index is 12.1. The number of nitrogens with one attached hydrogen (secondary N) is 1. The molecule has 0 spiro atoms. The van der Waals surface area contributed by atoms with Gasteiger partial charge in [-0.25, -0.2) is 0 Å². The highest BCUT2D eigenvalue weighted by Gasteiger charge is 2.31. The summed E-state index contributed by atoms with van der Waals surface area (Å²) in [7, 11) is 0. The smallest absolute Gasteiger partial charge is 0.223 e. The molecule has 1 aliphatic carbocycles. The maximum absolute atomic E-state index is 12.1. The van der Waals surface area contributed by atoms with E-state index in [0.717, 1.165) is 19.6 Å². The quantitative estimate of drug-likeness (QED) is 0.848. The van der Waals surface area contributed by atoms with Gasteiger partial charge in [-0.3, -0.25) is 4.79 Å². The first-order valence-electron chi connectivity index (χ1n) is 8.11. The second kappa shape index (κ2) is 6.74. The molecule has 0 aromatic carbocycles. The molecule has 0 aromatic rings. The molecule has 3 nitrogen and oxygen atoms in total. The van der Waals surface area contributed by atoms with Crippen LogP contribution in [-0.2, 0) is 4.79 Å². The summed E-state index contributed by atoms with van der Waals surface area (Å²) in [5, 5.41) is 3.63. The molecule has 1 heterocycles. The number of nitrogens with zero attached hydrogens (tertiary/aromatic N) is 1. The monoisotopic (exact) mass is 266 g/mol. The molecule has 1 saturated carbocycles. The van der Waals surface area contributed by atoms with Crippen LogP contribution in [0, 0.1) is 5.41 Å². The van der Waals surface area contributed by atoms with Crippen LogP contribution < -0.4 is 5.32 Å². The molecular weight excluding hydrogens is 236 g/mol. The molecule has 1 N–H and O–H groups in total. The van der Waals surface area contributed by atoms with E-state index in [1.807, 2.05) is 0 Å². The van der Waals surface area contributed by atoms with Gasteiger partial charge < -0.3 is 10.2 Å². The second-order valence-corrected chi connectivity index (χ2v) is 6.93. The number of rotatable bonds is 4. The lowest BCUT2D eigenvalue weighted by Crippen LogP contribution is -2.45. The zero-order chi connectivity index (χ0) is 13.7. The van der Waals surface area contributed by atoms with Crippen LogP contribution in [0.3, 0.4) is 0 Å². The molecule has 19 heavy (non-hydrogen) atoms. The average molecular weight is 266 g/mol. The van der Waals surface area contributed by atoms with Crippen molar-refractivity contribution in [3.05, 3.63) is 0 Å². The van der Waals surface area contributed by atoms with Gasteiger partial charge in [-0.05, 0) is 37.5 Å². The average Bonchev–Trinajstić information content (AvgIpc) is 2.41. The Hall–Kier alpha value is -0.570. The second-order valence-electron chi connectivity index (χ2n) is 6.93. The fourth-order valence-corrected chi connectivity index (χ4v) is 3.53. The third-order valence-electron chi connectivity index (χ3n) is 4.95. The number of carbonyl (C=O) groups is 1. The standard InChI is InChI=1S/C16H30N2O/c1-16(2)10-5-4-8-14(16)17-11-9-15(19)18-12-6-3-7-13-18/h14,17H,3-13H2,1-2H3. The van der Waals surface area contributed by atoms with Gasteiger partial charge in [0.25, 0.3) is 0 Å². The summed E-state index contributed by atoms with van der Waals surface area (Å²) >= 11 is 0. The number of carbonyl (C=O) groups excluding carboxylic acids is 1. The molecule has 2 aliphatic rings. The van der Waals surface area contributed by atoms with Crippen molar-refractivity contribution in [2.75, 3.05) is 19.6 Å². The Morgan fingerprint density at radius 1 is 1.16 bits per heavy atom. The van der Waals surface area contributed by atoms with Crippen LogP contribution in [0.15, 0.2) is 0 Å². The van der Waals surface area contributed by atoms with E-state index in [2.05, 4.69) is 24.1 Å². The minimum absolute atomic E-state index is 0.348. The molecule has 2 fully saturated rings. The SMILES string of the molecule is CC1(C)CCCCC1NCCC(=O)N1CCCCC1. The summed E-state index contributed by atoms with van der Waals surface area (Å²) in [6, 6.07) is 0.593. The van der Waals surface area contributed by atoms with Crippen molar-refractivity contribution in [2.24, 2.45) is 5.41 Å². The van der Waals surface area contributed by atoms with Gasteiger partial charge in [-0.2, -0.15) is 0 Å². The van der Waals surface area contributed by atoms with Crippen molar-refractivity contribution in [3.63, 3.8) is 0 Å². The first-order valence-corrected chi connectivity index (χ1v) is 8.11. The summed E-state index contributed by atoms with van der Waals surface area (Å²) in [5.41, 5.74) is 0.395. The lowest BCUT2D eigenvalue weighted by molar-refractivity contribution is -0.132. The molecule has 110 valence electrons. The minimum atomic E-state index is 0.348. The van der Waals surface area contributed by atoms with Gasteiger partial charge in [0.2, 0.25) is 5.91 Å². The number of likely N-dealkylation sites (tertiary alicyclic amines) is 1. The Bertz CT molecular complexity index is 295. The number of amides is 1. The highest BCUT2D eigenvalue weighted by Crippen LogP contribution is 2.35. The third-order valence-corrected chi connectivity index (χ3v) is 4.95. The summed E-state index contributed by atoms with van der Waals surface area (Å²) in [4.78, 5) is 14.1. The Morgan fingerprint density at radius 2 is 1.89 bits per heavy atom. The van der Waals surface area contributed by atoms with Crippen LogP contribution in [0.1, 0.15) is 65.2 Å². The van der Waals surface area contributed by atoms with E-state index >= 15 is 0 Å². The zero-order valence-electron chi connectivity index (χ0n) is 12.7. The van der Waals surface area contributed by atoms with E-state index in [4.69, 9.17) is 0 Å². The van der Waals surface area contributed by atoms with E-state index in [0.29, 0.717) is 23.8 Å². The largest absolute Gasteiger partial charge is 0.343 e. The summed E-state index contributed by atoms with van der Waals surface area (Å²) in [6.07, 6.45) is 9.61. The Morgan fingerprint density at radius 3 is 2.58 bits per heavy atom. The topological polar surface area (TPSA) is 32.3 Å². The van der Waals surface area contributed by atoms with Crippen LogP contribution in [0.2, 0.25) is 0 Å². The van der Waals surface area contributed by atoms with Crippen molar-refractivity contribution in [1.82, 2.24) is 10.2 Å². The van der Waals surface area contributed by atoms with Crippen LogP contribution in [0.5, 0.6) is 0 Å². The lowest BCUT2D eigenvalue weighted by atomic mass is 9.73. The molecule has 1 atom stereocenters. The summed E-state index contributed by atoms with van der Waals surface area (Å²) in [6.45, 7) is 7.53. The first kappa shape index (κ1) is 14.8. The van der Waals surface area contributed by atoms with Gasteiger partial charge >= 0.3 is 0 Å². The van der Waals surface area contributed by atoms with E-state index in [9.17, 15) is 4.79 Å². The van der Waals surface area contributed by atoms with Crippen LogP contribution in [0.25, 0.3) is 0 Å². The summed E-state index contributed by atoms with van der Waals surface area (Å²) in [5.74, 6) is 0.348. The summed E-state index contributed by atoms with van der Waals surface area (Å²) < 4.78 is 0. The molecular formula is C16H30N2O. The Labute approximate surface area is 118 Å². The lowest BCUT2D eigenvalue weighted by Gasteiger charge is -2.39. The van der Waals surface area contributed by atoms with E-state index in [1.165, 1.54) is 44.9 Å². The van der Waals surface area contributed by atoms with Gasteiger partial charge in [0.05, 0.1) is 0 Å². The van der Waals surface area contributed by atoms with Gasteiger partial charge in [0.15, 0.2) is 0 Å². The molecule has 3 heteroatoms. The molecule has 1 amide bonds. The van der Waals surface area contributed by atoms with Gasteiger partial charge in [0.1, 0.15) is 0 Å². The number of hydrogen-bond acceptors (Lipinski definition) is 2. The first-order chi connectivity index (χ1) is 9.09. The molecule has 0 aromatic heterocycles. The molecule has 1 aliphatic heterocycles. The van der Waals surface area contributed by atoms with Crippen molar-refractivity contribution in [1.29, 1.82) is 0 Å². The van der Waals surface area contributed by atoms with Gasteiger partial charge in [0, 0.05) is 32.1 Å². The van der Waals surface area contributed by atoms with Crippen LogP contribution in [0.4, 0.5) is 0 Å². The predicted molar refractivity (Wildman–Crippen MR) is 79.1 cm³/mol. The highest BCUT2D eigenvalue weighted by atomic mass is 16.2. The highest BCUT2D eigenvalue weighted by molar-refractivity contribution is 5.76. The fraction of sp³-hybridized carbons (Fsp3) is 0.938. The Balaban J connectivity index is 1.69. The minimum Gasteiger partial charge on any atom is -0.343 e. The van der Waals surface area contributed by atoms with Gasteiger partial charge in [-0.15, -0.1) is 0 Å². The predicted octanol–water partition coefficient (Wildman–Crippen LogP) is 2.95.